The Morgan fingerprint density at radius 1 is 1.24 bits per heavy atom. The van der Waals surface area contributed by atoms with E-state index in [2.05, 4.69) is 4.68 Å². The van der Waals surface area contributed by atoms with Crippen molar-refractivity contribution in [3.8, 4) is 0 Å². The van der Waals surface area contributed by atoms with Crippen LogP contribution >= 0.6 is 0 Å². The molecule has 2 fully saturated rings. The molecule has 0 amide bonds. The summed E-state index contributed by atoms with van der Waals surface area (Å²) < 4.78 is 13.2. The Morgan fingerprint density at radius 3 is 2.81 bits per heavy atom. The maximum Gasteiger partial charge on any atom is 0.156 e. The first kappa shape index (κ1) is 15.0. The highest BCUT2D eigenvalue weighted by molar-refractivity contribution is 5.03. The largest absolute Gasteiger partial charge is 0.381 e. The summed E-state index contributed by atoms with van der Waals surface area (Å²) in [5.74, 6) is 2.49. The lowest BCUT2D eigenvalue weighted by molar-refractivity contribution is 0.147. The van der Waals surface area contributed by atoms with E-state index in [4.69, 9.17) is 19.6 Å². The third kappa shape index (κ3) is 3.64. The minimum Gasteiger partial charge on any atom is -0.381 e. The lowest BCUT2D eigenvalue weighted by Crippen LogP contribution is -2.18. The van der Waals surface area contributed by atoms with Gasteiger partial charge in [-0.25, -0.2) is 9.67 Å². The zero-order valence-electron chi connectivity index (χ0n) is 13.1. The third-order valence-electron chi connectivity index (χ3n) is 4.61. The van der Waals surface area contributed by atoms with E-state index in [-0.39, 0.29) is 0 Å². The highest BCUT2D eigenvalue weighted by Crippen LogP contribution is 2.30. The molecule has 1 saturated carbocycles. The molecule has 3 rings (SSSR count). The molecule has 1 aliphatic heterocycles. The molecule has 1 aliphatic carbocycles. The van der Waals surface area contributed by atoms with E-state index in [1.807, 2.05) is 6.92 Å². The molecule has 21 heavy (non-hydrogen) atoms. The number of rotatable bonds is 6. The predicted molar refractivity (Wildman–Crippen MR) is 80.5 cm³/mol. The fourth-order valence-corrected chi connectivity index (χ4v) is 3.38. The van der Waals surface area contributed by atoms with Crippen LogP contribution in [-0.2, 0) is 15.9 Å². The van der Waals surface area contributed by atoms with E-state index in [1.54, 1.807) is 0 Å². The molecule has 0 radical (unpaired) electrons. The fraction of sp³-hybridized carbons (Fsp3) is 0.875. The van der Waals surface area contributed by atoms with E-state index in [1.165, 1.54) is 32.1 Å². The zero-order chi connectivity index (χ0) is 14.5. The van der Waals surface area contributed by atoms with Gasteiger partial charge < -0.3 is 9.47 Å². The van der Waals surface area contributed by atoms with E-state index < -0.39 is 0 Å². The molecular weight excluding hydrogens is 266 g/mol. The molecule has 0 bridgehead atoms. The second kappa shape index (κ2) is 7.36. The molecule has 0 N–H and O–H groups in total. The van der Waals surface area contributed by atoms with Crippen molar-refractivity contribution >= 4 is 0 Å². The summed E-state index contributed by atoms with van der Waals surface area (Å²) in [4.78, 5) is 4.83. The highest BCUT2D eigenvalue weighted by atomic mass is 16.5. The van der Waals surface area contributed by atoms with Gasteiger partial charge in [0, 0.05) is 25.6 Å². The lowest BCUT2D eigenvalue weighted by Gasteiger charge is -2.23. The van der Waals surface area contributed by atoms with Crippen molar-refractivity contribution in [3.05, 3.63) is 11.6 Å². The summed E-state index contributed by atoms with van der Waals surface area (Å²) in [5.41, 5.74) is 0. The van der Waals surface area contributed by atoms with Gasteiger partial charge in [0.05, 0.1) is 19.3 Å². The minimum absolute atomic E-state index is 0.390. The van der Waals surface area contributed by atoms with Crippen LogP contribution in [0, 0.1) is 0 Å². The smallest absolute Gasteiger partial charge is 0.156 e. The summed E-state index contributed by atoms with van der Waals surface area (Å²) in [6.07, 6.45) is 8.40. The van der Waals surface area contributed by atoms with E-state index in [9.17, 15) is 0 Å². The Balaban J connectivity index is 1.76. The lowest BCUT2D eigenvalue weighted by atomic mass is 9.95. The first-order valence-electron chi connectivity index (χ1n) is 8.49. The van der Waals surface area contributed by atoms with Crippen molar-refractivity contribution in [1.29, 1.82) is 0 Å². The summed E-state index contributed by atoms with van der Waals surface area (Å²) in [7, 11) is 0. The van der Waals surface area contributed by atoms with Crippen LogP contribution in [0.2, 0.25) is 0 Å². The van der Waals surface area contributed by atoms with Crippen LogP contribution in [0.5, 0.6) is 0 Å². The van der Waals surface area contributed by atoms with E-state index >= 15 is 0 Å². The van der Waals surface area contributed by atoms with Crippen LogP contribution in [0.25, 0.3) is 0 Å². The Kier molecular flexibility index (Phi) is 5.25. The third-order valence-corrected chi connectivity index (χ3v) is 4.61. The van der Waals surface area contributed by atoms with Gasteiger partial charge in [0.15, 0.2) is 5.82 Å². The monoisotopic (exact) mass is 293 g/mol. The van der Waals surface area contributed by atoms with Crippen molar-refractivity contribution in [3.63, 3.8) is 0 Å². The Hall–Kier alpha value is -0.940. The normalized spacial score (nSPS) is 23.8. The first-order valence-corrected chi connectivity index (χ1v) is 8.49. The van der Waals surface area contributed by atoms with Gasteiger partial charge in [-0.15, -0.1) is 0 Å². The molecule has 5 heteroatoms. The van der Waals surface area contributed by atoms with Gasteiger partial charge in [-0.3, -0.25) is 0 Å². The molecule has 0 unspecified atom stereocenters. The SMILES string of the molecule is CCOCCc1nc([C@H]2CCOC2)nn1C1CCCCC1. The Morgan fingerprint density at radius 2 is 2.10 bits per heavy atom. The molecule has 0 spiro atoms. The van der Waals surface area contributed by atoms with Gasteiger partial charge >= 0.3 is 0 Å². The highest BCUT2D eigenvalue weighted by Gasteiger charge is 2.26. The molecule has 118 valence electrons. The maximum atomic E-state index is 5.51. The summed E-state index contributed by atoms with van der Waals surface area (Å²) in [6.45, 7) is 5.16. The average molecular weight is 293 g/mol. The Bertz CT molecular complexity index is 435. The standard InChI is InChI=1S/C16H27N3O2/c1-2-20-11-9-15-17-16(13-8-10-21-12-13)18-19(15)14-6-4-3-5-7-14/h13-14H,2-12H2,1H3/t13-/m0/s1. The number of hydrogen-bond donors (Lipinski definition) is 0. The predicted octanol–water partition coefficient (Wildman–Crippen LogP) is 2.87. The number of hydrogen-bond acceptors (Lipinski definition) is 4. The van der Waals surface area contributed by atoms with Crippen LogP contribution < -0.4 is 0 Å². The fourth-order valence-electron chi connectivity index (χ4n) is 3.38. The van der Waals surface area contributed by atoms with Gasteiger partial charge in [0.1, 0.15) is 5.82 Å². The summed E-state index contributed by atoms with van der Waals surface area (Å²) in [6, 6.07) is 0.541. The molecule has 0 aromatic carbocycles. The molecule has 5 nitrogen and oxygen atoms in total. The number of ether oxygens (including phenoxy) is 2. The average Bonchev–Trinajstić information content (AvgIpc) is 3.18. The second-order valence-corrected chi connectivity index (χ2v) is 6.13. The van der Waals surface area contributed by atoms with Crippen LogP contribution in [0.1, 0.15) is 69.1 Å². The maximum absolute atomic E-state index is 5.51. The molecule has 2 aliphatic rings. The van der Waals surface area contributed by atoms with Gasteiger partial charge in [-0.2, -0.15) is 5.10 Å². The molecule has 1 atom stereocenters. The van der Waals surface area contributed by atoms with Crippen molar-refractivity contribution in [2.45, 2.75) is 63.8 Å². The first-order chi connectivity index (χ1) is 10.4. The van der Waals surface area contributed by atoms with Crippen molar-refractivity contribution in [1.82, 2.24) is 14.8 Å². The van der Waals surface area contributed by atoms with Gasteiger partial charge in [-0.05, 0) is 26.2 Å². The quantitative estimate of drug-likeness (QED) is 0.757. The van der Waals surface area contributed by atoms with Crippen molar-refractivity contribution in [2.75, 3.05) is 26.4 Å². The number of aromatic nitrogens is 3. The van der Waals surface area contributed by atoms with Crippen LogP contribution in [0.4, 0.5) is 0 Å². The molecule has 2 heterocycles. The Labute approximate surface area is 127 Å². The zero-order valence-corrected chi connectivity index (χ0v) is 13.1. The minimum atomic E-state index is 0.390. The van der Waals surface area contributed by atoms with Crippen LogP contribution in [-0.4, -0.2) is 41.2 Å². The molecular formula is C16H27N3O2. The van der Waals surface area contributed by atoms with Gasteiger partial charge in [0.25, 0.3) is 0 Å². The summed E-state index contributed by atoms with van der Waals surface area (Å²) >= 11 is 0. The van der Waals surface area contributed by atoms with E-state index in [0.29, 0.717) is 12.0 Å². The second-order valence-electron chi connectivity index (χ2n) is 6.13. The topological polar surface area (TPSA) is 49.2 Å². The van der Waals surface area contributed by atoms with Crippen molar-refractivity contribution < 1.29 is 9.47 Å². The van der Waals surface area contributed by atoms with Crippen molar-refractivity contribution in [2.24, 2.45) is 0 Å². The van der Waals surface area contributed by atoms with Crippen LogP contribution in [0.15, 0.2) is 0 Å². The van der Waals surface area contributed by atoms with Gasteiger partial charge in [-0.1, -0.05) is 19.3 Å². The van der Waals surface area contributed by atoms with E-state index in [0.717, 1.165) is 50.9 Å². The summed E-state index contributed by atoms with van der Waals surface area (Å²) in [5, 5.41) is 4.86. The number of nitrogens with zero attached hydrogens (tertiary/aromatic N) is 3. The molecule has 1 saturated heterocycles. The van der Waals surface area contributed by atoms with Gasteiger partial charge in [0.2, 0.25) is 0 Å². The molecule has 1 aromatic rings. The van der Waals surface area contributed by atoms with Crippen LogP contribution in [0.3, 0.4) is 0 Å². The molecule has 1 aromatic heterocycles.